The summed E-state index contributed by atoms with van der Waals surface area (Å²) in [5, 5.41) is 2.89. The maximum absolute atomic E-state index is 13.1. The number of rotatable bonds is 4. The van der Waals surface area contributed by atoms with Crippen LogP contribution in [-0.4, -0.2) is 31.9 Å². The molecule has 4 nitrogen and oxygen atoms in total. The molecular formula is C15H20FNO3S. The Morgan fingerprint density at radius 2 is 2.05 bits per heavy atom. The maximum Gasteiger partial charge on any atom is 0.223 e. The highest BCUT2D eigenvalue weighted by Crippen LogP contribution is 2.14. The Balaban J connectivity index is 1.86. The molecular weight excluding hydrogens is 293 g/mol. The molecule has 1 heterocycles. The van der Waals surface area contributed by atoms with E-state index in [0.717, 1.165) is 5.56 Å². The molecule has 0 radical (unpaired) electrons. The van der Waals surface area contributed by atoms with E-state index >= 15 is 0 Å². The lowest BCUT2D eigenvalue weighted by molar-refractivity contribution is -0.125. The molecule has 1 aromatic carbocycles. The van der Waals surface area contributed by atoms with Gasteiger partial charge in [-0.2, -0.15) is 0 Å². The number of sulfone groups is 1. The molecule has 0 aromatic heterocycles. The van der Waals surface area contributed by atoms with Gasteiger partial charge in [0.05, 0.1) is 11.5 Å². The van der Waals surface area contributed by atoms with Crippen LogP contribution in [0.2, 0.25) is 0 Å². The fourth-order valence-corrected chi connectivity index (χ4v) is 3.98. The van der Waals surface area contributed by atoms with Crippen molar-refractivity contribution in [3.63, 3.8) is 0 Å². The Morgan fingerprint density at radius 1 is 1.38 bits per heavy atom. The second-order valence-corrected chi connectivity index (χ2v) is 7.97. The van der Waals surface area contributed by atoms with Gasteiger partial charge in [-0.05, 0) is 37.0 Å². The molecule has 0 saturated carbocycles. The minimum Gasteiger partial charge on any atom is -0.353 e. The first-order valence-electron chi connectivity index (χ1n) is 7.11. The van der Waals surface area contributed by atoms with Gasteiger partial charge in [0.25, 0.3) is 0 Å². The van der Waals surface area contributed by atoms with Crippen molar-refractivity contribution < 1.29 is 17.6 Å². The van der Waals surface area contributed by atoms with Gasteiger partial charge in [0.2, 0.25) is 5.91 Å². The molecule has 1 aliphatic heterocycles. The number of amides is 1. The first-order valence-corrected chi connectivity index (χ1v) is 8.93. The topological polar surface area (TPSA) is 63.2 Å². The molecule has 2 rings (SSSR count). The lowest BCUT2D eigenvalue weighted by Gasteiger charge is -2.24. The molecule has 0 aliphatic carbocycles. The van der Waals surface area contributed by atoms with E-state index in [1.54, 1.807) is 19.1 Å². The summed E-state index contributed by atoms with van der Waals surface area (Å²) < 4.78 is 35.8. The van der Waals surface area contributed by atoms with Gasteiger partial charge in [-0.15, -0.1) is 0 Å². The Kier molecular flexibility index (Phi) is 4.98. The van der Waals surface area contributed by atoms with Gasteiger partial charge in [-0.3, -0.25) is 4.79 Å². The van der Waals surface area contributed by atoms with Gasteiger partial charge in [-0.25, -0.2) is 12.8 Å². The summed E-state index contributed by atoms with van der Waals surface area (Å²) in [6.07, 6.45) is 1.41. The number of carbonyl (C=O) groups is 1. The summed E-state index contributed by atoms with van der Waals surface area (Å²) in [4.78, 5) is 12.1. The second kappa shape index (κ2) is 6.56. The van der Waals surface area contributed by atoms with Crippen molar-refractivity contribution in [3.8, 4) is 0 Å². The summed E-state index contributed by atoms with van der Waals surface area (Å²) in [7, 11) is -2.92. The third-order valence-electron chi connectivity index (χ3n) is 3.78. The molecule has 1 N–H and O–H groups in total. The molecule has 1 fully saturated rings. The largest absolute Gasteiger partial charge is 0.353 e. The SMILES string of the molecule is C[C@@H](Cc1cccc(F)c1)C(=O)NC1CCS(=O)(=O)CC1. The molecule has 21 heavy (non-hydrogen) atoms. The summed E-state index contributed by atoms with van der Waals surface area (Å²) in [5.74, 6) is -0.418. The highest BCUT2D eigenvalue weighted by atomic mass is 32.2. The average Bonchev–Trinajstić information content (AvgIpc) is 2.41. The summed E-state index contributed by atoms with van der Waals surface area (Å²) in [6, 6.07) is 6.14. The van der Waals surface area contributed by atoms with Crippen LogP contribution in [0.3, 0.4) is 0 Å². The van der Waals surface area contributed by atoms with E-state index in [2.05, 4.69) is 5.32 Å². The van der Waals surface area contributed by atoms with E-state index in [0.29, 0.717) is 19.3 Å². The van der Waals surface area contributed by atoms with Crippen molar-refractivity contribution in [2.45, 2.75) is 32.2 Å². The molecule has 116 valence electrons. The van der Waals surface area contributed by atoms with Crippen molar-refractivity contribution >= 4 is 15.7 Å². The highest BCUT2D eigenvalue weighted by Gasteiger charge is 2.26. The molecule has 1 aliphatic rings. The number of nitrogens with one attached hydrogen (secondary N) is 1. The average molecular weight is 313 g/mol. The number of carbonyl (C=O) groups excluding carboxylic acids is 1. The third-order valence-corrected chi connectivity index (χ3v) is 5.49. The molecule has 0 unspecified atom stereocenters. The molecule has 0 spiro atoms. The van der Waals surface area contributed by atoms with Crippen molar-refractivity contribution in [2.24, 2.45) is 5.92 Å². The van der Waals surface area contributed by atoms with E-state index in [9.17, 15) is 17.6 Å². The van der Waals surface area contributed by atoms with Crippen molar-refractivity contribution in [1.29, 1.82) is 0 Å². The standard InChI is InChI=1S/C15H20FNO3S/c1-11(9-12-3-2-4-13(16)10-12)15(18)17-14-5-7-21(19,20)8-6-14/h2-4,10-11,14H,5-9H2,1H3,(H,17,18)/t11-/m0/s1. The minimum atomic E-state index is -2.92. The summed E-state index contributed by atoms with van der Waals surface area (Å²) in [5.41, 5.74) is 0.781. The zero-order valence-corrected chi connectivity index (χ0v) is 12.8. The Morgan fingerprint density at radius 3 is 2.67 bits per heavy atom. The smallest absolute Gasteiger partial charge is 0.223 e. The van der Waals surface area contributed by atoms with Crippen LogP contribution in [0.15, 0.2) is 24.3 Å². The summed E-state index contributed by atoms with van der Waals surface area (Å²) in [6.45, 7) is 1.79. The highest BCUT2D eigenvalue weighted by molar-refractivity contribution is 7.91. The third kappa shape index (κ3) is 4.81. The predicted molar refractivity (Wildman–Crippen MR) is 79.1 cm³/mol. The van der Waals surface area contributed by atoms with E-state index < -0.39 is 9.84 Å². The van der Waals surface area contributed by atoms with E-state index in [4.69, 9.17) is 0 Å². The van der Waals surface area contributed by atoms with Gasteiger partial charge in [-0.1, -0.05) is 19.1 Å². The van der Waals surface area contributed by atoms with Crippen LogP contribution in [0, 0.1) is 11.7 Å². The zero-order valence-electron chi connectivity index (χ0n) is 12.0. The number of hydrogen-bond donors (Lipinski definition) is 1. The zero-order chi connectivity index (χ0) is 15.5. The molecule has 1 atom stereocenters. The fourth-order valence-electron chi connectivity index (χ4n) is 2.49. The molecule has 0 bridgehead atoms. The van der Waals surface area contributed by atoms with E-state index in [-0.39, 0.29) is 35.2 Å². The fraction of sp³-hybridized carbons (Fsp3) is 0.533. The van der Waals surface area contributed by atoms with E-state index in [1.165, 1.54) is 12.1 Å². The normalized spacial score (nSPS) is 19.9. The number of hydrogen-bond acceptors (Lipinski definition) is 3. The Labute approximate surface area is 124 Å². The Bertz CT molecular complexity index is 601. The summed E-state index contributed by atoms with van der Waals surface area (Å²) >= 11 is 0. The van der Waals surface area contributed by atoms with Crippen LogP contribution in [0.5, 0.6) is 0 Å². The van der Waals surface area contributed by atoms with Crippen molar-refractivity contribution in [3.05, 3.63) is 35.6 Å². The van der Waals surface area contributed by atoms with Crippen LogP contribution < -0.4 is 5.32 Å². The van der Waals surface area contributed by atoms with Gasteiger partial charge in [0.1, 0.15) is 15.7 Å². The first-order chi connectivity index (χ1) is 9.85. The van der Waals surface area contributed by atoms with Gasteiger partial charge in [0.15, 0.2) is 0 Å². The molecule has 1 aromatic rings. The van der Waals surface area contributed by atoms with Gasteiger partial charge in [0, 0.05) is 12.0 Å². The maximum atomic E-state index is 13.1. The van der Waals surface area contributed by atoms with Crippen molar-refractivity contribution in [2.75, 3.05) is 11.5 Å². The quantitative estimate of drug-likeness (QED) is 0.920. The van der Waals surface area contributed by atoms with Crippen LogP contribution in [0.25, 0.3) is 0 Å². The predicted octanol–water partition coefficient (Wildman–Crippen LogP) is 1.70. The lowest BCUT2D eigenvalue weighted by Crippen LogP contribution is -2.43. The van der Waals surface area contributed by atoms with Crippen molar-refractivity contribution in [1.82, 2.24) is 5.32 Å². The minimum absolute atomic E-state index is 0.0732. The number of halogens is 1. The van der Waals surface area contributed by atoms with E-state index in [1.807, 2.05) is 0 Å². The monoisotopic (exact) mass is 313 g/mol. The lowest BCUT2D eigenvalue weighted by atomic mass is 9.99. The van der Waals surface area contributed by atoms with Crippen LogP contribution in [0.1, 0.15) is 25.3 Å². The first kappa shape index (κ1) is 15.9. The van der Waals surface area contributed by atoms with Crippen LogP contribution in [0.4, 0.5) is 4.39 Å². The number of benzene rings is 1. The molecule has 1 saturated heterocycles. The van der Waals surface area contributed by atoms with Gasteiger partial charge >= 0.3 is 0 Å². The van der Waals surface area contributed by atoms with Crippen LogP contribution >= 0.6 is 0 Å². The second-order valence-electron chi connectivity index (χ2n) is 5.67. The Hall–Kier alpha value is -1.43. The molecule has 6 heteroatoms. The molecule has 1 amide bonds. The van der Waals surface area contributed by atoms with Gasteiger partial charge < -0.3 is 5.32 Å². The van der Waals surface area contributed by atoms with Crippen LogP contribution in [-0.2, 0) is 21.1 Å².